The average Bonchev–Trinajstić information content (AvgIpc) is 2.80. The highest BCUT2D eigenvalue weighted by atomic mass is 16.4. The topological polar surface area (TPSA) is 202 Å². The third kappa shape index (κ3) is 3.62. The van der Waals surface area contributed by atoms with Gasteiger partial charge in [-0.15, -0.1) is 0 Å². The molecular formula is C26H27N3O9. The molecule has 0 saturated heterocycles. The van der Waals surface area contributed by atoms with E-state index in [0.717, 1.165) is 0 Å². The third-order valence-electron chi connectivity index (χ3n) is 7.48. The van der Waals surface area contributed by atoms with Gasteiger partial charge in [-0.3, -0.25) is 19.3 Å². The van der Waals surface area contributed by atoms with Gasteiger partial charge in [-0.05, 0) is 44.5 Å². The van der Waals surface area contributed by atoms with Crippen LogP contribution in [0.3, 0.4) is 0 Å². The number of phenolic OH excluding ortho intramolecular Hbond substituents is 1. The normalized spacial score (nSPS) is 26.3. The van der Waals surface area contributed by atoms with Crippen molar-refractivity contribution < 1.29 is 44.7 Å². The molecule has 1 amide bonds. The van der Waals surface area contributed by atoms with Crippen LogP contribution in [-0.2, 0) is 25.6 Å². The van der Waals surface area contributed by atoms with E-state index in [1.807, 2.05) is 5.92 Å². The number of amides is 1. The molecule has 4 rings (SSSR count). The summed E-state index contributed by atoms with van der Waals surface area (Å²) in [6.07, 6.45) is 0.0578. The number of benzene rings is 1. The number of hydrogen-bond donors (Lipinski definition) is 6. The van der Waals surface area contributed by atoms with Crippen molar-refractivity contribution in [2.24, 2.45) is 17.6 Å². The highest BCUT2D eigenvalue weighted by Gasteiger charge is 2.64. The number of ketones is 2. The number of carbonyl (C=O) groups is 4. The molecule has 7 N–H and O–H groups in total. The number of Topliss-reactive ketones (excluding diaryl/α,β-unsaturated/α-hetero) is 2. The minimum atomic E-state index is -2.74. The fraction of sp³-hybridized carbons (Fsp3) is 0.385. The Morgan fingerprint density at radius 2 is 1.76 bits per heavy atom. The number of anilines is 1. The summed E-state index contributed by atoms with van der Waals surface area (Å²) in [6.45, 7) is 0. The van der Waals surface area contributed by atoms with Crippen LogP contribution in [0.5, 0.6) is 5.75 Å². The molecule has 1 saturated carbocycles. The average molecular weight is 526 g/mol. The number of carboxylic acids is 1. The first-order valence-corrected chi connectivity index (χ1v) is 11.6. The maximum absolute atomic E-state index is 13.9. The molecule has 0 radical (unpaired) electrons. The van der Waals surface area contributed by atoms with Crippen LogP contribution in [-0.4, -0.2) is 93.7 Å². The van der Waals surface area contributed by atoms with Gasteiger partial charge in [0.25, 0.3) is 5.91 Å². The van der Waals surface area contributed by atoms with E-state index in [9.17, 15) is 39.6 Å². The molecule has 1 aromatic carbocycles. The van der Waals surface area contributed by atoms with E-state index in [0.29, 0.717) is 11.3 Å². The van der Waals surface area contributed by atoms with E-state index in [2.05, 4.69) is 5.92 Å². The Morgan fingerprint density at radius 1 is 1.13 bits per heavy atom. The fourth-order valence-electron chi connectivity index (χ4n) is 5.91. The van der Waals surface area contributed by atoms with Crippen molar-refractivity contribution >= 4 is 34.9 Å². The second-order valence-corrected chi connectivity index (χ2v) is 10.1. The Labute approximate surface area is 217 Å². The van der Waals surface area contributed by atoms with Gasteiger partial charge in [-0.1, -0.05) is 5.92 Å². The van der Waals surface area contributed by atoms with E-state index in [1.165, 1.54) is 25.1 Å². The quantitative estimate of drug-likeness (QED) is 0.219. The summed E-state index contributed by atoms with van der Waals surface area (Å²) in [7, 11) is 6.43. The minimum absolute atomic E-state index is 0.0417. The van der Waals surface area contributed by atoms with Crippen LogP contribution in [0.2, 0.25) is 0 Å². The number of hydrogen-bond acceptors (Lipinski definition) is 10. The van der Waals surface area contributed by atoms with Crippen LogP contribution in [0.1, 0.15) is 23.1 Å². The lowest BCUT2D eigenvalue weighted by molar-refractivity contribution is -0.153. The zero-order chi connectivity index (χ0) is 28.4. The standard InChI is InChI=1S/C26H27N3O9/c1-28(2)14-9-10(5-6-15(30)31)20(32)17-12(14)7-11-8-13-19(29(3)4)22(34)18(25(27)37)24(36)26(13,38)23(35)16(11)21(17)33/h9,11,13,19,32-33,36,38H,7-8H2,1-4H3,(H2,27,37)(H,30,31). The highest BCUT2D eigenvalue weighted by molar-refractivity contribution is 6.24. The largest absolute Gasteiger partial charge is 0.508 e. The van der Waals surface area contributed by atoms with Crippen molar-refractivity contribution in [3.63, 3.8) is 0 Å². The van der Waals surface area contributed by atoms with E-state index >= 15 is 0 Å². The molecule has 12 nitrogen and oxygen atoms in total. The van der Waals surface area contributed by atoms with Crippen molar-refractivity contribution in [2.45, 2.75) is 24.5 Å². The number of nitrogens with two attached hydrogens (primary N) is 1. The number of phenols is 1. The Bertz CT molecular complexity index is 1440. The van der Waals surface area contributed by atoms with Gasteiger partial charge >= 0.3 is 5.97 Å². The predicted molar refractivity (Wildman–Crippen MR) is 133 cm³/mol. The van der Waals surface area contributed by atoms with Crippen LogP contribution in [0.4, 0.5) is 5.69 Å². The maximum Gasteiger partial charge on any atom is 0.382 e. The summed E-state index contributed by atoms with van der Waals surface area (Å²) < 4.78 is 0. The number of carboxylic acid groups (broad SMARTS) is 1. The number of primary amides is 1. The number of aliphatic hydroxyl groups is 3. The van der Waals surface area contributed by atoms with Crippen LogP contribution < -0.4 is 10.6 Å². The molecule has 12 heteroatoms. The first-order valence-electron chi connectivity index (χ1n) is 11.6. The summed E-state index contributed by atoms with van der Waals surface area (Å²) in [5.74, 6) is -4.82. The Balaban J connectivity index is 2.02. The molecule has 3 aliphatic carbocycles. The molecule has 4 unspecified atom stereocenters. The second kappa shape index (κ2) is 8.90. The van der Waals surface area contributed by atoms with Gasteiger partial charge < -0.3 is 36.2 Å². The summed E-state index contributed by atoms with van der Waals surface area (Å²) in [6, 6.07) is 0.284. The molecule has 0 heterocycles. The Morgan fingerprint density at radius 3 is 2.29 bits per heavy atom. The number of fused-ring (bicyclic) bond motifs is 3. The first-order chi connectivity index (χ1) is 17.6. The maximum atomic E-state index is 13.9. The van der Waals surface area contributed by atoms with Gasteiger partial charge in [0.1, 0.15) is 22.8 Å². The fourth-order valence-corrected chi connectivity index (χ4v) is 5.91. The number of aromatic hydroxyl groups is 1. The number of carbonyl (C=O) groups excluding carboxylic acids is 3. The lowest BCUT2D eigenvalue weighted by atomic mass is 9.57. The number of aliphatic carboxylic acids is 1. The van der Waals surface area contributed by atoms with Crippen LogP contribution in [0.15, 0.2) is 23.0 Å². The molecule has 1 aromatic rings. The third-order valence-corrected chi connectivity index (χ3v) is 7.48. The molecule has 0 bridgehead atoms. The van der Waals surface area contributed by atoms with E-state index in [4.69, 9.17) is 10.8 Å². The summed E-state index contributed by atoms with van der Waals surface area (Å²) in [5.41, 5.74) is 2.03. The molecule has 0 aliphatic heterocycles. The van der Waals surface area contributed by atoms with Crippen molar-refractivity contribution in [2.75, 3.05) is 33.1 Å². The minimum Gasteiger partial charge on any atom is -0.508 e. The van der Waals surface area contributed by atoms with Crippen molar-refractivity contribution in [1.82, 2.24) is 4.90 Å². The summed E-state index contributed by atoms with van der Waals surface area (Å²) in [4.78, 5) is 53.1. The van der Waals surface area contributed by atoms with Gasteiger partial charge in [0, 0.05) is 37.2 Å². The van der Waals surface area contributed by atoms with Gasteiger partial charge in [-0.25, -0.2) is 4.79 Å². The molecular weight excluding hydrogens is 498 g/mol. The molecule has 4 atom stereocenters. The second-order valence-electron chi connectivity index (χ2n) is 10.1. The zero-order valence-corrected chi connectivity index (χ0v) is 21.1. The Kier molecular flexibility index (Phi) is 6.25. The number of aliphatic hydroxyl groups excluding tert-OH is 2. The van der Waals surface area contributed by atoms with Crippen LogP contribution >= 0.6 is 0 Å². The van der Waals surface area contributed by atoms with E-state index < -0.39 is 69.8 Å². The number of nitrogens with zero attached hydrogens (tertiary/aromatic N) is 2. The SMILES string of the molecule is CN(C)c1cc(C#CC(=O)O)c(O)c2c1CC1CC3C(N(C)C)C(=O)C(C(N)=O)=C(O)C3(O)C(=O)C1=C2O. The lowest BCUT2D eigenvalue weighted by Gasteiger charge is -2.50. The molecule has 38 heavy (non-hydrogen) atoms. The summed E-state index contributed by atoms with van der Waals surface area (Å²) >= 11 is 0. The summed E-state index contributed by atoms with van der Waals surface area (Å²) in [5, 5.41) is 53.8. The predicted octanol–water partition coefficient (Wildman–Crippen LogP) is -0.534. The molecule has 3 aliphatic rings. The van der Waals surface area contributed by atoms with Crippen LogP contribution in [0, 0.1) is 23.7 Å². The van der Waals surface area contributed by atoms with Crippen LogP contribution in [0.25, 0.3) is 5.76 Å². The van der Waals surface area contributed by atoms with Crippen molar-refractivity contribution in [1.29, 1.82) is 0 Å². The molecule has 200 valence electrons. The van der Waals surface area contributed by atoms with Gasteiger partial charge in [0.05, 0.1) is 17.2 Å². The number of likely N-dealkylation sites (N-methyl/N-ethyl adjacent to an activating group) is 1. The zero-order valence-electron chi connectivity index (χ0n) is 21.1. The van der Waals surface area contributed by atoms with Gasteiger partial charge in [-0.2, -0.15) is 0 Å². The molecule has 0 spiro atoms. The van der Waals surface area contributed by atoms with Crippen molar-refractivity contribution in [3.8, 4) is 17.6 Å². The van der Waals surface area contributed by atoms with Gasteiger partial charge in [0.15, 0.2) is 11.4 Å². The first kappa shape index (κ1) is 26.7. The van der Waals surface area contributed by atoms with Crippen molar-refractivity contribution in [3.05, 3.63) is 39.7 Å². The molecule has 0 aromatic heterocycles. The lowest BCUT2D eigenvalue weighted by Crippen LogP contribution is -2.65. The van der Waals surface area contributed by atoms with E-state index in [-0.39, 0.29) is 29.5 Å². The molecule has 1 fully saturated rings. The monoisotopic (exact) mass is 525 g/mol. The smallest absolute Gasteiger partial charge is 0.382 e. The van der Waals surface area contributed by atoms with E-state index in [1.54, 1.807) is 19.0 Å². The number of rotatable bonds is 3. The highest BCUT2D eigenvalue weighted by Crippen LogP contribution is 2.54. The van der Waals surface area contributed by atoms with Gasteiger partial charge in [0.2, 0.25) is 5.78 Å². The Hall–Kier alpha value is -4.34.